The van der Waals surface area contributed by atoms with Gasteiger partial charge in [0.1, 0.15) is 11.2 Å². The lowest BCUT2D eigenvalue weighted by Crippen LogP contribution is -1.79. The van der Waals surface area contributed by atoms with Crippen molar-refractivity contribution >= 4 is 37.9 Å². The van der Waals surface area contributed by atoms with Crippen LogP contribution in [0.5, 0.6) is 0 Å². The predicted molar refractivity (Wildman–Crippen MR) is 86.9 cm³/mol. The molecule has 2 heteroatoms. The van der Waals surface area contributed by atoms with Crippen molar-refractivity contribution in [2.75, 3.05) is 0 Å². The summed E-state index contributed by atoms with van der Waals surface area (Å²) in [7, 11) is 0. The first kappa shape index (κ1) is 11.7. The number of rotatable bonds is 1. The lowest BCUT2D eigenvalue weighted by molar-refractivity contribution is 0.667. The fourth-order valence-electron chi connectivity index (χ4n) is 2.65. The van der Waals surface area contributed by atoms with Gasteiger partial charge < -0.3 is 4.42 Å². The van der Waals surface area contributed by atoms with E-state index in [9.17, 15) is 0 Å². The van der Waals surface area contributed by atoms with Crippen molar-refractivity contribution in [1.82, 2.24) is 0 Å². The fraction of sp³-hybridized carbons (Fsp3) is 0. The molecule has 0 amide bonds. The van der Waals surface area contributed by atoms with Crippen LogP contribution in [0.4, 0.5) is 0 Å². The first-order valence-corrected chi connectivity index (χ1v) is 7.29. The van der Waals surface area contributed by atoms with E-state index < -0.39 is 0 Å². The van der Waals surface area contributed by atoms with E-state index in [4.69, 9.17) is 4.42 Å². The van der Waals surface area contributed by atoms with Gasteiger partial charge in [0.25, 0.3) is 0 Å². The third-order valence-electron chi connectivity index (χ3n) is 3.56. The first-order valence-electron chi connectivity index (χ1n) is 6.50. The molecule has 0 aliphatic heterocycles. The smallest absolute Gasteiger partial charge is 0.150 e. The molecule has 0 bridgehead atoms. The van der Waals surface area contributed by atoms with Crippen molar-refractivity contribution in [3.8, 4) is 11.1 Å². The van der Waals surface area contributed by atoms with Crippen LogP contribution in [0.25, 0.3) is 33.1 Å². The quantitative estimate of drug-likeness (QED) is 0.418. The minimum atomic E-state index is 0.910. The van der Waals surface area contributed by atoms with E-state index >= 15 is 0 Å². The normalized spacial score (nSPS) is 11.2. The topological polar surface area (TPSA) is 13.1 Å². The van der Waals surface area contributed by atoms with Gasteiger partial charge in [-0.15, -0.1) is 0 Å². The van der Waals surface area contributed by atoms with Gasteiger partial charge in [-0.3, -0.25) is 0 Å². The Bertz CT molecular complexity index is 907. The summed E-state index contributed by atoms with van der Waals surface area (Å²) in [4.78, 5) is 0. The summed E-state index contributed by atoms with van der Waals surface area (Å²) >= 11 is 3.59. The zero-order valence-corrected chi connectivity index (χ0v) is 12.2. The SMILES string of the molecule is Brc1ccc(-c2ccccc2)c2c1oc1ccccc12. The number of para-hydroxylation sites is 1. The molecule has 0 atom stereocenters. The molecule has 0 N–H and O–H groups in total. The second-order valence-corrected chi connectivity index (χ2v) is 5.62. The average Bonchev–Trinajstić information content (AvgIpc) is 2.89. The highest BCUT2D eigenvalue weighted by Gasteiger charge is 2.14. The zero-order chi connectivity index (χ0) is 13.5. The molecule has 0 saturated heterocycles. The monoisotopic (exact) mass is 322 g/mol. The minimum Gasteiger partial charge on any atom is -0.455 e. The van der Waals surface area contributed by atoms with Gasteiger partial charge in [0.15, 0.2) is 0 Å². The summed E-state index contributed by atoms with van der Waals surface area (Å²) in [6.45, 7) is 0. The van der Waals surface area contributed by atoms with Crippen LogP contribution in [0, 0.1) is 0 Å². The Balaban J connectivity index is 2.19. The number of halogens is 1. The third-order valence-corrected chi connectivity index (χ3v) is 4.19. The van der Waals surface area contributed by atoms with Crippen LogP contribution in [0.1, 0.15) is 0 Å². The molecule has 4 aromatic rings. The molecule has 0 unspecified atom stereocenters. The number of fused-ring (bicyclic) bond motifs is 3. The maximum Gasteiger partial charge on any atom is 0.150 e. The molecular formula is C18H11BrO. The van der Waals surface area contributed by atoms with Crippen molar-refractivity contribution in [1.29, 1.82) is 0 Å². The van der Waals surface area contributed by atoms with Crippen LogP contribution in [-0.2, 0) is 0 Å². The van der Waals surface area contributed by atoms with E-state index in [1.807, 2.05) is 30.3 Å². The first-order chi connectivity index (χ1) is 9.84. The molecule has 96 valence electrons. The molecule has 0 spiro atoms. The van der Waals surface area contributed by atoms with Crippen molar-refractivity contribution < 1.29 is 4.42 Å². The van der Waals surface area contributed by atoms with Crippen LogP contribution < -0.4 is 0 Å². The minimum absolute atomic E-state index is 0.910. The van der Waals surface area contributed by atoms with E-state index in [0.717, 1.165) is 21.0 Å². The summed E-state index contributed by atoms with van der Waals surface area (Å²) < 4.78 is 6.99. The van der Waals surface area contributed by atoms with Crippen molar-refractivity contribution in [2.24, 2.45) is 0 Å². The fourth-order valence-corrected chi connectivity index (χ4v) is 3.07. The van der Waals surface area contributed by atoms with Gasteiger partial charge in [-0.1, -0.05) is 54.6 Å². The predicted octanol–water partition coefficient (Wildman–Crippen LogP) is 6.02. The Hall–Kier alpha value is -2.06. The molecule has 0 aliphatic rings. The zero-order valence-electron chi connectivity index (χ0n) is 10.6. The Kier molecular flexibility index (Phi) is 2.64. The summed E-state index contributed by atoms with van der Waals surface area (Å²) in [6.07, 6.45) is 0. The third kappa shape index (κ3) is 1.69. The molecule has 0 aliphatic carbocycles. The molecule has 1 heterocycles. The van der Waals surface area contributed by atoms with Crippen molar-refractivity contribution in [2.45, 2.75) is 0 Å². The summed E-state index contributed by atoms with van der Waals surface area (Å²) in [6, 6.07) is 22.8. The van der Waals surface area contributed by atoms with Gasteiger partial charge in [0, 0.05) is 10.8 Å². The largest absolute Gasteiger partial charge is 0.455 e. The number of hydrogen-bond donors (Lipinski definition) is 0. The molecule has 4 rings (SSSR count). The molecule has 3 aromatic carbocycles. The second kappa shape index (κ2) is 4.50. The van der Waals surface area contributed by atoms with Gasteiger partial charge in [-0.05, 0) is 39.2 Å². The van der Waals surface area contributed by atoms with Gasteiger partial charge in [-0.2, -0.15) is 0 Å². The molecule has 1 aromatic heterocycles. The van der Waals surface area contributed by atoms with E-state index in [-0.39, 0.29) is 0 Å². The lowest BCUT2D eigenvalue weighted by atomic mass is 10.00. The highest BCUT2D eigenvalue weighted by atomic mass is 79.9. The van der Waals surface area contributed by atoms with Gasteiger partial charge in [-0.25, -0.2) is 0 Å². The number of benzene rings is 3. The summed E-state index contributed by atoms with van der Waals surface area (Å²) in [5.74, 6) is 0. The van der Waals surface area contributed by atoms with Crippen molar-refractivity contribution in [3.63, 3.8) is 0 Å². The van der Waals surface area contributed by atoms with E-state index in [0.29, 0.717) is 0 Å². The average molecular weight is 323 g/mol. The second-order valence-electron chi connectivity index (χ2n) is 4.76. The Morgan fingerprint density at radius 2 is 1.50 bits per heavy atom. The number of hydrogen-bond acceptors (Lipinski definition) is 1. The summed E-state index contributed by atoms with van der Waals surface area (Å²) in [5.41, 5.74) is 4.24. The maximum absolute atomic E-state index is 6.00. The maximum atomic E-state index is 6.00. The molecule has 1 nitrogen and oxygen atoms in total. The van der Waals surface area contributed by atoms with Crippen LogP contribution in [0.3, 0.4) is 0 Å². The number of furan rings is 1. The molecule has 0 saturated carbocycles. The van der Waals surface area contributed by atoms with Crippen molar-refractivity contribution in [3.05, 3.63) is 71.2 Å². The van der Waals surface area contributed by atoms with Crippen LogP contribution >= 0.6 is 15.9 Å². The molecule has 20 heavy (non-hydrogen) atoms. The Labute approximate surface area is 125 Å². The van der Waals surface area contributed by atoms with Crippen LogP contribution in [0.2, 0.25) is 0 Å². The van der Waals surface area contributed by atoms with E-state index in [1.165, 1.54) is 16.5 Å². The molecular weight excluding hydrogens is 312 g/mol. The van der Waals surface area contributed by atoms with Gasteiger partial charge >= 0.3 is 0 Å². The molecule has 0 radical (unpaired) electrons. The summed E-state index contributed by atoms with van der Waals surface area (Å²) in [5, 5.41) is 2.32. The Morgan fingerprint density at radius 1 is 0.750 bits per heavy atom. The van der Waals surface area contributed by atoms with Crippen LogP contribution in [-0.4, -0.2) is 0 Å². The van der Waals surface area contributed by atoms with Gasteiger partial charge in [0.2, 0.25) is 0 Å². The van der Waals surface area contributed by atoms with Crippen LogP contribution in [0.15, 0.2) is 75.6 Å². The van der Waals surface area contributed by atoms with Gasteiger partial charge in [0.05, 0.1) is 4.47 Å². The van der Waals surface area contributed by atoms with E-state index in [1.54, 1.807) is 0 Å². The van der Waals surface area contributed by atoms with E-state index in [2.05, 4.69) is 52.3 Å². The lowest BCUT2D eigenvalue weighted by Gasteiger charge is -2.04. The highest BCUT2D eigenvalue weighted by molar-refractivity contribution is 9.10. The highest BCUT2D eigenvalue weighted by Crippen LogP contribution is 2.39. The Morgan fingerprint density at radius 3 is 2.35 bits per heavy atom. The molecule has 0 fully saturated rings. The standard InChI is InChI=1S/C18H11BrO/c19-15-11-10-13(12-6-2-1-3-7-12)17-14-8-4-5-9-16(14)20-18(15)17/h1-11H.